The molecule has 84 valence electrons. The zero-order chi connectivity index (χ0) is 11.6. The highest BCUT2D eigenvalue weighted by Gasteiger charge is 2.27. The maximum Gasteiger partial charge on any atom is 0.246 e. The number of amides is 2. The minimum atomic E-state index is -0.467. The predicted octanol–water partition coefficient (Wildman–Crippen LogP) is -0.512. The van der Waals surface area contributed by atoms with E-state index in [0.717, 1.165) is 5.70 Å². The molecule has 5 nitrogen and oxygen atoms in total. The van der Waals surface area contributed by atoms with Crippen LogP contribution in [-0.4, -0.2) is 23.9 Å². The fraction of sp³-hybridized carbons (Fsp3) is 0.600. The van der Waals surface area contributed by atoms with E-state index in [1.165, 1.54) is 6.08 Å². The first-order chi connectivity index (χ1) is 6.91. The predicted molar refractivity (Wildman–Crippen MR) is 56.6 cm³/mol. The second-order valence-electron chi connectivity index (χ2n) is 4.10. The van der Waals surface area contributed by atoms with E-state index in [9.17, 15) is 9.59 Å². The van der Waals surface area contributed by atoms with Crippen LogP contribution >= 0.6 is 0 Å². The number of primary amides is 1. The van der Waals surface area contributed by atoms with E-state index in [1.54, 1.807) is 6.92 Å². The summed E-state index contributed by atoms with van der Waals surface area (Å²) in [6, 6.07) is -0.524. The summed E-state index contributed by atoms with van der Waals surface area (Å²) in [4.78, 5) is 22.0. The van der Waals surface area contributed by atoms with Crippen LogP contribution in [0, 0.1) is 5.92 Å². The standard InChI is InChI=1S/C10H17N3O2/c1-5(2)9-7(4-8(14)13-9)12-6(3)10(11)15/h4-6,9,12H,1-3H3,(H2,11,15)(H,13,14)/t6-,9-/m0/s1. The maximum atomic E-state index is 11.2. The van der Waals surface area contributed by atoms with Crippen LogP contribution in [0.1, 0.15) is 20.8 Å². The number of nitrogens with two attached hydrogens (primary N) is 1. The van der Waals surface area contributed by atoms with Crippen LogP contribution in [0.3, 0.4) is 0 Å². The minimum Gasteiger partial charge on any atom is -0.375 e. The summed E-state index contributed by atoms with van der Waals surface area (Å²) in [5, 5.41) is 5.74. The Morgan fingerprint density at radius 1 is 1.53 bits per heavy atom. The van der Waals surface area contributed by atoms with Gasteiger partial charge in [-0.15, -0.1) is 0 Å². The van der Waals surface area contributed by atoms with Crippen molar-refractivity contribution in [3.8, 4) is 0 Å². The van der Waals surface area contributed by atoms with Crippen molar-refractivity contribution in [2.45, 2.75) is 32.9 Å². The molecule has 5 heteroatoms. The van der Waals surface area contributed by atoms with Crippen molar-refractivity contribution < 1.29 is 9.59 Å². The van der Waals surface area contributed by atoms with Gasteiger partial charge in [-0.05, 0) is 12.8 Å². The number of nitrogens with one attached hydrogen (secondary N) is 2. The molecular formula is C10H17N3O2. The van der Waals surface area contributed by atoms with E-state index in [0.29, 0.717) is 0 Å². The third kappa shape index (κ3) is 2.71. The van der Waals surface area contributed by atoms with Crippen LogP contribution in [0.15, 0.2) is 11.8 Å². The van der Waals surface area contributed by atoms with Crippen LogP contribution in [0.5, 0.6) is 0 Å². The Bertz CT molecular complexity index is 310. The molecule has 0 spiro atoms. The maximum absolute atomic E-state index is 11.2. The van der Waals surface area contributed by atoms with E-state index < -0.39 is 11.9 Å². The van der Waals surface area contributed by atoms with Gasteiger partial charge in [-0.25, -0.2) is 0 Å². The van der Waals surface area contributed by atoms with Crippen molar-refractivity contribution in [2.75, 3.05) is 0 Å². The molecule has 2 atom stereocenters. The van der Waals surface area contributed by atoms with Gasteiger partial charge in [-0.2, -0.15) is 0 Å². The average Bonchev–Trinajstić information content (AvgIpc) is 2.46. The van der Waals surface area contributed by atoms with Crippen molar-refractivity contribution in [2.24, 2.45) is 11.7 Å². The highest BCUT2D eigenvalue weighted by Crippen LogP contribution is 2.15. The first kappa shape index (κ1) is 11.6. The zero-order valence-corrected chi connectivity index (χ0v) is 9.20. The number of rotatable bonds is 4. The molecule has 0 aromatic rings. The molecule has 1 aliphatic heterocycles. The van der Waals surface area contributed by atoms with E-state index in [-0.39, 0.29) is 17.9 Å². The Hall–Kier alpha value is -1.52. The van der Waals surface area contributed by atoms with Gasteiger partial charge in [0.1, 0.15) is 6.04 Å². The van der Waals surface area contributed by atoms with E-state index in [4.69, 9.17) is 5.73 Å². The Balaban J connectivity index is 2.70. The molecule has 0 fully saturated rings. The molecule has 0 saturated carbocycles. The smallest absolute Gasteiger partial charge is 0.246 e. The van der Waals surface area contributed by atoms with Crippen molar-refractivity contribution >= 4 is 11.8 Å². The van der Waals surface area contributed by atoms with Gasteiger partial charge < -0.3 is 16.4 Å². The third-order valence-electron chi connectivity index (χ3n) is 2.40. The van der Waals surface area contributed by atoms with Gasteiger partial charge in [0.05, 0.1) is 6.04 Å². The molecule has 0 aliphatic carbocycles. The van der Waals surface area contributed by atoms with Crippen molar-refractivity contribution in [3.05, 3.63) is 11.8 Å². The first-order valence-corrected chi connectivity index (χ1v) is 4.99. The lowest BCUT2D eigenvalue weighted by Gasteiger charge is -2.22. The molecule has 0 unspecified atom stereocenters. The third-order valence-corrected chi connectivity index (χ3v) is 2.40. The summed E-state index contributed by atoms with van der Waals surface area (Å²) in [6.07, 6.45) is 1.48. The summed E-state index contributed by atoms with van der Waals surface area (Å²) >= 11 is 0. The topological polar surface area (TPSA) is 84.2 Å². The Morgan fingerprint density at radius 2 is 2.13 bits per heavy atom. The summed E-state index contributed by atoms with van der Waals surface area (Å²) in [5.41, 5.74) is 5.87. The molecular weight excluding hydrogens is 194 g/mol. The number of carbonyl (C=O) groups is 2. The molecule has 1 heterocycles. The molecule has 0 saturated heterocycles. The van der Waals surface area contributed by atoms with Gasteiger partial charge >= 0.3 is 0 Å². The Morgan fingerprint density at radius 3 is 2.60 bits per heavy atom. The molecule has 0 aromatic carbocycles. The second-order valence-corrected chi connectivity index (χ2v) is 4.10. The van der Waals surface area contributed by atoms with Crippen LogP contribution in [0.4, 0.5) is 0 Å². The molecule has 0 bridgehead atoms. The van der Waals surface area contributed by atoms with Crippen molar-refractivity contribution in [1.82, 2.24) is 10.6 Å². The SMILES string of the molecule is CC(C)[C@@H]1NC(=O)C=C1N[C@@H](C)C(N)=O. The monoisotopic (exact) mass is 211 g/mol. The lowest BCUT2D eigenvalue weighted by molar-refractivity contribution is -0.119. The van der Waals surface area contributed by atoms with Crippen LogP contribution < -0.4 is 16.4 Å². The number of hydrogen-bond donors (Lipinski definition) is 3. The molecule has 1 rings (SSSR count). The Labute approximate surface area is 89.1 Å². The first-order valence-electron chi connectivity index (χ1n) is 4.99. The van der Waals surface area contributed by atoms with Crippen LogP contribution in [-0.2, 0) is 9.59 Å². The number of hydrogen-bond acceptors (Lipinski definition) is 3. The van der Waals surface area contributed by atoms with Gasteiger partial charge in [-0.3, -0.25) is 9.59 Å². The zero-order valence-electron chi connectivity index (χ0n) is 9.20. The second kappa shape index (κ2) is 4.33. The molecule has 15 heavy (non-hydrogen) atoms. The van der Waals surface area contributed by atoms with Crippen LogP contribution in [0.25, 0.3) is 0 Å². The van der Waals surface area contributed by atoms with E-state index in [2.05, 4.69) is 10.6 Å². The highest BCUT2D eigenvalue weighted by molar-refractivity contribution is 5.92. The number of carbonyl (C=O) groups excluding carboxylic acids is 2. The lowest BCUT2D eigenvalue weighted by atomic mass is 10.0. The minimum absolute atomic E-state index is 0.0562. The van der Waals surface area contributed by atoms with E-state index >= 15 is 0 Å². The van der Waals surface area contributed by atoms with Gasteiger partial charge in [0.25, 0.3) is 0 Å². The van der Waals surface area contributed by atoms with Crippen LogP contribution in [0.2, 0.25) is 0 Å². The highest BCUT2D eigenvalue weighted by atomic mass is 16.2. The lowest BCUT2D eigenvalue weighted by Crippen LogP contribution is -2.43. The Kier molecular flexibility index (Phi) is 3.34. The van der Waals surface area contributed by atoms with E-state index in [1.807, 2.05) is 13.8 Å². The molecule has 1 aliphatic rings. The largest absolute Gasteiger partial charge is 0.375 e. The fourth-order valence-corrected chi connectivity index (χ4v) is 1.48. The molecule has 0 radical (unpaired) electrons. The normalized spacial score (nSPS) is 22.3. The van der Waals surface area contributed by atoms with Crippen molar-refractivity contribution in [1.29, 1.82) is 0 Å². The van der Waals surface area contributed by atoms with Gasteiger partial charge in [0.15, 0.2) is 0 Å². The quantitative estimate of drug-likeness (QED) is 0.585. The summed E-state index contributed by atoms with van der Waals surface area (Å²) in [6.45, 7) is 5.67. The van der Waals surface area contributed by atoms with Crippen molar-refractivity contribution in [3.63, 3.8) is 0 Å². The summed E-state index contributed by atoms with van der Waals surface area (Å²) < 4.78 is 0. The summed E-state index contributed by atoms with van der Waals surface area (Å²) in [7, 11) is 0. The fourth-order valence-electron chi connectivity index (χ4n) is 1.48. The average molecular weight is 211 g/mol. The molecule has 0 aromatic heterocycles. The summed E-state index contributed by atoms with van der Waals surface area (Å²) in [5.74, 6) is -0.291. The van der Waals surface area contributed by atoms with Gasteiger partial charge in [-0.1, -0.05) is 13.8 Å². The molecule has 4 N–H and O–H groups in total. The van der Waals surface area contributed by atoms with Gasteiger partial charge in [0.2, 0.25) is 11.8 Å². The molecule has 2 amide bonds. The van der Waals surface area contributed by atoms with Gasteiger partial charge in [0, 0.05) is 11.8 Å².